The minimum absolute atomic E-state index is 0.133. The molecule has 3 aromatic rings. The predicted octanol–water partition coefficient (Wildman–Crippen LogP) is 3.77. The van der Waals surface area contributed by atoms with Crippen LogP contribution in [0.25, 0.3) is 10.8 Å². The lowest BCUT2D eigenvalue weighted by Gasteiger charge is -2.23. The van der Waals surface area contributed by atoms with Gasteiger partial charge < -0.3 is 14.6 Å². The Labute approximate surface area is 157 Å². The SMILES string of the molecule is O=C(Nc1ccc2c3c(cccc13)CC2)[C@@H]1CCCN1C(=O)c1ccco1. The molecule has 0 spiro atoms. The molecule has 0 unspecified atom stereocenters. The van der Waals surface area contributed by atoms with Crippen LogP contribution in [0.15, 0.2) is 53.1 Å². The summed E-state index contributed by atoms with van der Waals surface area (Å²) in [5.41, 5.74) is 3.50. The normalized spacial score (nSPS) is 18.2. The van der Waals surface area contributed by atoms with Gasteiger partial charge in [0.15, 0.2) is 5.76 Å². The molecule has 0 radical (unpaired) electrons. The fraction of sp³-hybridized carbons (Fsp3) is 0.273. The van der Waals surface area contributed by atoms with Crippen LogP contribution in [0.2, 0.25) is 0 Å². The summed E-state index contributed by atoms with van der Waals surface area (Å²) in [5, 5.41) is 5.43. The van der Waals surface area contributed by atoms with E-state index in [4.69, 9.17) is 4.42 Å². The highest BCUT2D eigenvalue weighted by Crippen LogP contribution is 2.35. The van der Waals surface area contributed by atoms with E-state index >= 15 is 0 Å². The number of hydrogen-bond donors (Lipinski definition) is 1. The van der Waals surface area contributed by atoms with Crippen molar-refractivity contribution < 1.29 is 14.0 Å². The van der Waals surface area contributed by atoms with Crippen molar-refractivity contribution in [1.82, 2.24) is 4.90 Å². The molecule has 2 aliphatic rings. The van der Waals surface area contributed by atoms with Crippen molar-refractivity contribution in [2.45, 2.75) is 31.7 Å². The van der Waals surface area contributed by atoms with E-state index in [0.717, 1.165) is 30.3 Å². The molecule has 1 aliphatic carbocycles. The number of nitrogens with one attached hydrogen (secondary N) is 1. The van der Waals surface area contributed by atoms with Gasteiger partial charge in [0.05, 0.1) is 6.26 Å². The van der Waals surface area contributed by atoms with Crippen molar-refractivity contribution >= 4 is 28.3 Å². The summed E-state index contributed by atoms with van der Waals surface area (Å²) in [4.78, 5) is 27.2. The van der Waals surface area contributed by atoms with Gasteiger partial charge in [-0.05, 0) is 60.4 Å². The zero-order valence-electron chi connectivity index (χ0n) is 14.9. The Morgan fingerprint density at radius 1 is 1.04 bits per heavy atom. The Bertz CT molecular complexity index is 1030. The molecule has 136 valence electrons. The maximum absolute atomic E-state index is 13.0. The summed E-state index contributed by atoms with van der Waals surface area (Å²) < 4.78 is 5.22. The molecule has 1 N–H and O–H groups in total. The van der Waals surface area contributed by atoms with Crippen molar-refractivity contribution in [3.05, 3.63) is 65.6 Å². The molecule has 1 saturated heterocycles. The number of amides is 2. The first-order chi connectivity index (χ1) is 13.2. The van der Waals surface area contributed by atoms with E-state index in [2.05, 4.69) is 23.5 Å². The standard InChI is InChI=1S/C22H20N2O3/c25-21(18-6-2-12-24(18)22(26)19-7-3-13-27-19)23-17-11-10-15-9-8-14-4-1-5-16(17)20(14)15/h1,3-5,7,10-11,13,18H,2,6,8-9,12H2,(H,23,25)/t18-/m0/s1. The molecule has 1 fully saturated rings. The highest BCUT2D eigenvalue weighted by molar-refractivity contribution is 6.07. The first-order valence-electron chi connectivity index (χ1n) is 9.41. The summed E-state index contributed by atoms with van der Waals surface area (Å²) in [6.45, 7) is 0.571. The smallest absolute Gasteiger partial charge is 0.290 e. The maximum atomic E-state index is 13.0. The molecule has 0 bridgehead atoms. The molecule has 5 nitrogen and oxygen atoms in total. The zero-order valence-corrected chi connectivity index (χ0v) is 14.9. The van der Waals surface area contributed by atoms with Crippen LogP contribution in [0.5, 0.6) is 0 Å². The monoisotopic (exact) mass is 360 g/mol. The van der Waals surface area contributed by atoms with Crippen LogP contribution in [0.1, 0.15) is 34.5 Å². The van der Waals surface area contributed by atoms with Crippen molar-refractivity contribution in [1.29, 1.82) is 0 Å². The maximum Gasteiger partial charge on any atom is 0.290 e. The third-order valence-electron chi connectivity index (χ3n) is 5.68. The van der Waals surface area contributed by atoms with Gasteiger partial charge in [-0.25, -0.2) is 0 Å². The molecular weight excluding hydrogens is 340 g/mol. The molecular formula is C22H20N2O3. The van der Waals surface area contributed by atoms with Crippen molar-refractivity contribution in [3.8, 4) is 0 Å². The second kappa shape index (κ2) is 6.27. The third-order valence-corrected chi connectivity index (χ3v) is 5.68. The number of rotatable bonds is 3. The molecule has 1 atom stereocenters. The first-order valence-corrected chi connectivity index (χ1v) is 9.41. The molecule has 1 aliphatic heterocycles. The van der Waals surface area contributed by atoms with Gasteiger partial charge in [-0.2, -0.15) is 0 Å². The Kier molecular flexibility index (Phi) is 3.74. The fourth-order valence-electron chi connectivity index (χ4n) is 4.40. The van der Waals surface area contributed by atoms with E-state index in [1.165, 1.54) is 22.8 Å². The Morgan fingerprint density at radius 3 is 2.70 bits per heavy atom. The Morgan fingerprint density at radius 2 is 1.89 bits per heavy atom. The van der Waals surface area contributed by atoms with E-state index in [1.54, 1.807) is 17.0 Å². The van der Waals surface area contributed by atoms with Crippen molar-refractivity contribution in [3.63, 3.8) is 0 Å². The average Bonchev–Trinajstić information content (AvgIpc) is 3.44. The molecule has 2 amide bonds. The minimum Gasteiger partial charge on any atom is -0.459 e. The number of furan rings is 1. The Hall–Kier alpha value is -3.08. The highest BCUT2D eigenvalue weighted by atomic mass is 16.3. The van der Waals surface area contributed by atoms with Crippen LogP contribution in [0.4, 0.5) is 5.69 Å². The number of likely N-dealkylation sites (tertiary alicyclic amines) is 1. The molecule has 5 rings (SSSR count). The number of nitrogens with zero attached hydrogens (tertiary/aromatic N) is 1. The number of aryl methyl sites for hydroxylation is 2. The van der Waals surface area contributed by atoms with Crippen LogP contribution >= 0.6 is 0 Å². The van der Waals surface area contributed by atoms with Gasteiger partial charge >= 0.3 is 0 Å². The van der Waals surface area contributed by atoms with Crippen molar-refractivity contribution in [2.24, 2.45) is 0 Å². The average molecular weight is 360 g/mol. The van der Waals surface area contributed by atoms with Gasteiger partial charge in [-0.1, -0.05) is 24.3 Å². The summed E-state index contributed by atoms with van der Waals surface area (Å²) in [5.74, 6) is -0.0794. The summed E-state index contributed by atoms with van der Waals surface area (Å²) in [6.07, 6.45) is 5.06. The molecule has 5 heteroatoms. The Balaban J connectivity index is 1.42. The number of carbonyl (C=O) groups excluding carboxylic acids is 2. The van der Waals surface area contributed by atoms with E-state index < -0.39 is 6.04 Å². The van der Waals surface area contributed by atoms with Gasteiger partial charge in [0.1, 0.15) is 6.04 Å². The van der Waals surface area contributed by atoms with E-state index in [-0.39, 0.29) is 17.6 Å². The lowest BCUT2D eigenvalue weighted by Crippen LogP contribution is -2.43. The summed E-state index contributed by atoms with van der Waals surface area (Å²) >= 11 is 0. The van der Waals surface area contributed by atoms with Crippen LogP contribution in [-0.4, -0.2) is 29.3 Å². The zero-order chi connectivity index (χ0) is 18.4. The first kappa shape index (κ1) is 16.1. The van der Waals surface area contributed by atoms with E-state index in [9.17, 15) is 9.59 Å². The van der Waals surface area contributed by atoms with E-state index in [1.807, 2.05) is 12.1 Å². The van der Waals surface area contributed by atoms with Gasteiger partial charge in [0, 0.05) is 17.6 Å². The van der Waals surface area contributed by atoms with Gasteiger partial charge in [0.2, 0.25) is 5.91 Å². The van der Waals surface area contributed by atoms with Crippen LogP contribution in [0, 0.1) is 0 Å². The van der Waals surface area contributed by atoms with Gasteiger partial charge in [-0.3, -0.25) is 9.59 Å². The number of anilines is 1. The lowest BCUT2D eigenvalue weighted by atomic mass is 10.0. The topological polar surface area (TPSA) is 62.6 Å². The molecule has 0 saturated carbocycles. The van der Waals surface area contributed by atoms with Crippen LogP contribution in [0.3, 0.4) is 0 Å². The molecule has 27 heavy (non-hydrogen) atoms. The third kappa shape index (κ3) is 2.62. The number of hydrogen-bond acceptors (Lipinski definition) is 3. The van der Waals surface area contributed by atoms with Crippen molar-refractivity contribution in [2.75, 3.05) is 11.9 Å². The second-order valence-electron chi connectivity index (χ2n) is 7.24. The second-order valence-corrected chi connectivity index (χ2v) is 7.24. The number of benzene rings is 2. The summed E-state index contributed by atoms with van der Waals surface area (Å²) in [7, 11) is 0. The highest BCUT2D eigenvalue weighted by Gasteiger charge is 2.35. The lowest BCUT2D eigenvalue weighted by molar-refractivity contribution is -0.119. The van der Waals surface area contributed by atoms with Crippen LogP contribution in [-0.2, 0) is 17.6 Å². The molecule has 2 heterocycles. The minimum atomic E-state index is -0.467. The summed E-state index contributed by atoms with van der Waals surface area (Å²) in [6, 6.07) is 13.2. The van der Waals surface area contributed by atoms with Crippen LogP contribution < -0.4 is 5.32 Å². The molecule has 2 aromatic carbocycles. The van der Waals surface area contributed by atoms with E-state index in [0.29, 0.717) is 13.0 Å². The molecule has 1 aromatic heterocycles. The fourth-order valence-corrected chi connectivity index (χ4v) is 4.40. The number of carbonyl (C=O) groups is 2. The van der Waals surface area contributed by atoms with Gasteiger partial charge in [-0.15, -0.1) is 0 Å². The largest absolute Gasteiger partial charge is 0.459 e. The quantitative estimate of drug-likeness (QED) is 0.773. The predicted molar refractivity (Wildman–Crippen MR) is 103 cm³/mol. The van der Waals surface area contributed by atoms with Gasteiger partial charge in [0.25, 0.3) is 5.91 Å².